The second kappa shape index (κ2) is 6.48. The van der Waals surface area contributed by atoms with Gasteiger partial charge in [0.15, 0.2) is 0 Å². The monoisotopic (exact) mass is 319 g/mol. The van der Waals surface area contributed by atoms with Crippen LogP contribution in [-0.4, -0.2) is 22.2 Å². The fourth-order valence-corrected chi connectivity index (χ4v) is 3.33. The van der Waals surface area contributed by atoms with E-state index in [1.54, 1.807) is 0 Å². The van der Waals surface area contributed by atoms with E-state index in [1.807, 2.05) is 41.2 Å². The largest absolute Gasteiger partial charge is 0.356 e. The van der Waals surface area contributed by atoms with E-state index in [1.165, 1.54) is 5.56 Å². The van der Waals surface area contributed by atoms with Crippen molar-refractivity contribution < 1.29 is 4.79 Å². The second-order valence-corrected chi connectivity index (χ2v) is 6.43. The summed E-state index contributed by atoms with van der Waals surface area (Å²) in [6.45, 7) is 1.52. The molecule has 4 rings (SSSR count). The van der Waals surface area contributed by atoms with Crippen LogP contribution in [0.2, 0.25) is 0 Å². The van der Waals surface area contributed by atoms with Gasteiger partial charge in [-0.3, -0.25) is 9.48 Å². The third-order valence-electron chi connectivity index (χ3n) is 4.75. The number of fused-ring (bicyclic) bond motifs is 1. The van der Waals surface area contributed by atoms with Crippen molar-refractivity contribution in [1.29, 1.82) is 0 Å². The normalized spacial score (nSPS) is 19.3. The van der Waals surface area contributed by atoms with E-state index >= 15 is 0 Å². The maximum Gasteiger partial charge on any atom is 0.223 e. The van der Waals surface area contributed by atoms with Gasteiger partial charge in [-0.25, -0.2) is 0 Å². The molecule has 1 fully saturated rings. The SMILES string of the molecule is O=C(NCCCn1ncc2ccccc21)[C@H]1C[C@@H]1c1ccccc1. The lowest BCUT2D eigenvalue weighted by Crippen LogP contribution is -2.27. The summed E-state index contributed by atoms with van der Waals surface area (Å²) in [7, 11) is 0. The van der Waals surface area contributed by atoms with Gasteiger partial charge in [0.25, 0.3) is 0 Å². The first kappa shape index (κ1) is 14.9. The Morgan fingerprint density at radius 2 is 1.92 bits per heavy atom. The van der Waals surface area contributed by atoms with E-state index in [4.69, 9.17) is 0 Å². The van der Waals surface area contributed by atoms with Crippen LogP contribution in [0.4, 0.5) is 0 Å². The highest BCUT2D eigenvalue weighted by Gasteiger charge is 2.43. The van der Waals surface area contributed by atoms with Gasteiger partial charge in [0.1, 0.15) is 0 Å². The Morgan fingerprint density at radius 1 is 1.12 bits per heavy atom. The van der Waals surface area contributed by atoms with E-state index < -0.39 is 0 Å². The minimum absolute atomic E-state index is 0.151. The quantitative estimate of drug-likeness (QED) is 0.708. The molecule has 2 aromatic carbocycles. The number of carbonyl (C=O) groups excluding carboxylic acids is 1. The first-order chi connectivity index (χ1) is 11.8. The molecule has 4 heteroatoms. The Balaban J connectivity index is 1.24. The van der Waals surface area contributed by atoms with Crippen molar-refractivity contribution in [3.8, 4) is 0 Å². The number of hydrogen-bond acceptors (Lipinski definition) is 2. The maximum atomic E-state index is 12.2. The first-order valence-electron chi connectivity index (χ1n) is 8.56. The summed E-state index contributed by atoms with van der Waals surface area (Å²) in [5.74, 6) is 0.744. The number of benzene rings is 2. The molecule has 1 aromatic heterocycles. The van der Waals surface area contributed by atoms with Crippen LogP contribution < -0.4 is 5.32 Å². The van der Waals surface area contributed by atoms with Crippen LogP contribution in [0.5, 0.6) is 0 Å². The number of hydrogen-bond donors (Lipinski definition) is 1. The Morgan fingerprint density at radius 3 is 2.79 bits per heavy atom. The molecule has 1 amide bonds. The second-order valence-electron chi connectivity index (χ2n) is 6.43. The van der Waals surface area contributed by atoms with Crippen LogP contribution in [0.3, 0.4) is 0 Å². The highest BCUT2D eigenvalue weighted by atomic mass is 16.2. The molecule has 1 aliphatic rings. The van der Waals surface area contributed by atoms with Crippen LogP contribution in [-0.2, 0) is 11.3 Å². The topological polar surface area (TPSA) is 46.9 Å². The fraction of sp³-hybridized carbons (Fsp3) is 0.300. The lowest BCUT2D eigenvalue weighted by Gasteiger charge is -2.06. The lowest BCUT2D eigenvalue weighted by molar-refractivity contribution is -0.122. The average Bonchev–Trinajstić information content (AvgIpc) is 3.34. The van der Waals surface area contributed by atoms with Crippen LogP contribution in [0.15, 0.2) is 60.8 Å². The highest BCUT2D eigenvalue weighted by molar-refractivity contribution is 5.82. The Bertz CT molecular complexity index is 840. The molecule has 0 bridgehead atoms. The summed E-state index contributed by atoms with van der Waals surface area (Å²) in [6.07, 6.45) is 3.75. The number of aryl methyl sites for hydroxylation is 1. The number of carbonyl (C=O) groups is 1. The van der Waals surface area contributed by atoms with E-state index in [2.05, 4.69) is 34.7 Å². The summed E-state index contributed by atoms with van der Waals surface area (Å²) < 4.78 is 2.01. The predicted octanol–water partition coefficient (Wildman–Crippen LogP) is 3.35. The zero-order chi connectivity index (χ0) is 16.4. The Kier molecular flexibility index (Phi) is 4.03. The van der Waals surface area contributed by atoms with E-state index in [0.29, 0.717) is 12.5 Å². The number of nitrogens with zero attached hydrogens (tertiary/aromatic N) is 2. The minimum atomic E-state index is 0.151. The van der Waals surface area contributed by atoms with Crippen LogP contribution in [0, 0.1) is 5.92 Å². The molecule has 1 N–H and O–H groups in total. The summed E-state index contributed by atoms with van der Waals surface area (Å²) in [5, 5.41) is 8.65. The Labute approximate surface area is 141 Å². The number of rotatable bonds is 6. The number of nitrogens with one attached hydrogen (secondary N) is 1. The molecule has 0 radical (unpaired) electrons. The third-order valence-corrected chi connectivity index (χ3v) is 4.75. The molecule has 0 unspecified atom stereocenters. The van der Waals surface area contributed by atoms with Gasteiger partial charge in [-0.05, 0) is 30.4 Å². The van der Waals surface area contributed by atoms with E-state index in [0.717, 1.165) is 30.3 Å². The number of aromatic nitrogens is 2. The zero-order valence-corrected chi connectivity index (χ0v) is 13.6. The van der Waals surface area contributed by atoms with Crippen molar-refractivity contribution in [2.24, 2.45) is 5.92 Å². The summed E-state index contributed by atoms with van der Waals surface area (Å²) in [4.78, 5) is 12.2. The number of para-hydroxylation sites is 1. The fourth-order valence-electron chi connectivity index (χ4n) is 3.33. The highest BCUT2D eigenvalue weighted by Crippen LogP contribution is 2.47. The van der Waals surface area contributed by atoms with Crippen molar-refractivity contribution in [2.75, 3.05) is 6.54 Å². The minimum Gasteiger partial charge on any atom is -0.356 e. The van der Waals surface area contributed by atoms with Crippen molar-refractivity contribution in [3.63, 3.8) is 0 Å². The lowest BCUT2D eigenvalue weighted by atomic mass is 10.1. The summed E-state index contributed by atoms with van der Waals surface area (Å²) >= 11 is 0. The molecule has 0 spiro atoms. The Hall–Kier alpha value is -2.62. The molecule has 1 heterocycles. The average molecular weight is 319 g/mol. The first-order valence-corrected chi connectivity index (χ1v) is 8.56. The smallest absolute Gasteiger partial charge is 0.223 e. The van der Waals surface area contributed by atoms with Crippen LogP contribution in [0.1, 0.15) is 24.3 Å². The summed E-state index contributed by atoms with van der Waals surface area (Å²) in [5.41, 5.74) is 2.43. The molecule has 0 aliphatic heterocycles. The molecule has 2 atom stereocenters. The molecule has 4 nitrogen and oxygen atoms in total. The van der Waals surface area contributed by atoms with Gasteiger partial charge in [0, 0.05) is 24.4 Å². The van der Waals surface area contributed by atoms with Gasteiger partial charge in [-0.2, -0.15) is 5.10 Å². The standard InChI is InChI=1S/C20H21N3O/c24-20(18-13-17(18)15-7-2-1-3-8-15)21-11-6-12-23-19-10-5-4-9-16(19)14-22-23/h1-5,7-10,14,17-18H,6,11-13H2,(H,21,24)/t17-,18+/m1/s1. The molecule has 0 saturated heterocycles. The summed E-state index contributed by atoms with van der Waals surface area (Å²) in [6, 6.07) is 18.5. The van der Waals surface area contributed by atoms with Crippen molar-refractivity contribution in [1.82, 2.24) is 15.1 Å². The molecule has 122 valence electrons. The maximum absolute atomic E-state index is 12.2. The molecular formula is C20H21N3O. The van der Waals surface area contributed by atoms with Crippen molar-refractivity contribution in [3.05, 3.63) is 66.4 Å². The molecule has 24 heavy (non-hydrogen) atoms. The van der Waals surface area contributed by atoms with Crippen LogP contribution in [0.25, 0.3) is 10.9 Å². The van der Waals surface area contributed by atoms with E-state index in [-0.39, 0.29) is 11.8 Å². The van der Waals surface area contributed by atoms with Gasteiger partial charge < -0.3 is 5.32 Å². The van der Waals surface area contributed by atoms with Gasteiger partial charge >= 0.3 is 0 Å². The van der Waals surface area contributed by atoms with Crippen LogP contribution >= 0.6 is 0 Å². The third kappa shape index (κ3) is 3.04. The molecule has 1 saturated carbocycles. The molecular weight excluding hydrogens is 298 g/mol. The predicted molar refractivity (Wildman–Crippen MR) is 94.6 cm³/mol. The van der Waals surface area contributed by atoms with Gasteiger partial charge in [-0.15, -0.1) is 0 Å². The van der Waals surface area contributed by atoms with Crippen molar-refractivity contribution >= 4 is 16.8 Å². The van der Waals surface area contributed by atoms with Gasteiger partial charge in [0.2, 0.25) is 5.91 Å². The zero-order valence-electron chi connectivity index (χ0n) is 13.6. The van der Waals surface area contributed by atoms with Gasteiger partial charge in [0.05, 0.1) is 11.7 Å². The van der Waals surface area contributed by atoms with Gasteiger partial charge in [-0.1, -0.05) is 48.5 Å². The van der Waals surface area contributed by atoms with E-state index in [9.17, 15) is 4.79 Å². The number of amides is 1. The van der Waals surface area contributed by atoms with Crippen molar-refractivity contribution in [2.45, 2.75) is 25.3 Å². The molecule has 1 aliphatic carbocycles. The molecule has 3 aromatic rings.